The number of thioether (sulfide) groups is 2. The number of likely N-dealkylation sites (N-methyl/N-ethyl adjacent to an activating group) is 4. The van der Waals surface area contributed by atoms with Crippen molar-refractivity contribution in [3.05, 3.63) is 203 Å². The van der Waals surface area contributed by atoms with Gasteiger partial charge in [-0.3, -0.25) is 71.9 Å². The van der Waals surface area contributed by atoms with Crippen molar-refractivity contribution in [3.63, 3.8) is 0 Å². The number of para-hydroxylation sites is 1. The molecule has 7 aromatic rings. The molecule has 37 heteroatoms. The van der Waals surface area contributed by atoms with Gasteiger partial charge in [-0.2, -0.15) is 0 Å². The van der Waals surface area contributed by atoms with Gasteiger partial charge >= 0.3 is 0 Å². The molecule has 0 spiro atoms. The van der Waals surface area contributed by atoms with Gasteiger partial charge in [0.1, 0.15) is 84.0 Å². The molecule has 34 nitrogen and oxygen atoms in total. The van der Waals surface area contributed by atoms with Crippen LogP contribution in [0.1, 0.15) is 100 Å². The number of phenols is 2. The highest BCUT2D eigenvalue weighted by molar-refractivity contribution is 8.00. The number of amides is 15. The molecule has 9 rings (SSSR count). The number of nitrogens with two attached hydrogens (primary N) is 1. The van der Waals surface area contributed by atoms with Crippen LogP contribution >= 0.6 is 32.4 Å². The summed E-state index contributed by atoms with van der Waals surface area (Å²) in [6.45, 7) is 7.23. The van der Waals surface area contributed by atoms with Crippen LogP contribution in [-0.2, 0) is 110 Å². The summed E-state index contributed by atoms with van der Waals surface area (Å²) in [6.07, 6.45) is 0.843. The lowest BCUT2D eigenvalue weighted by atomic mass is 9.98. The number of aliphatic hydroxyl groups is 1. The number of rotatable bonds is 23. The van der Waals surface area contributed by atoms with Crippen molar-refractivity contribution in [1.82, 2.24) is 77.3 Å². The molecule has 2 fully saturated rings. The molecule has 2 saturated heterocycles. The summed E-state index contributed by atoms with van der Waals surface area (Å²) in [5, 5.41) is 56.9. The summed E-state index contributed by atoms with van der Waals surface area (Å²) >= 11 is 2.03. The van der Waals surface area contributed by atoms with Crippen LogP contribution in [-0.4, -0.2) is 276 Å². The molecular formula is C94H119N16O18PS2. The smallest absolute Gasteiger partial charge is 0.246 e. The normalized spacial score (nSPS) is 22.7. The number of unbranched alkanes of at least 4 members (excludes halogenated alkanes) is 1. The maximum atomic E-state index is 15.7. The number of nitrogens with zero attached hydrogens (tertiary/aromatic N) is 5. The topological polar surface area (TPSA) is 483 Å². The maximum absolute atomic E-state index is 15.7. The number of hydrogen-bond donors (Lipinski definition) is 14. The quantitative estimate of drug-likeness (QED) is 0.0408. The number of benzene rings is 6. The number of aliphatic hydroxyl groups excluding tert-OH is 1. The summed E-state index contributed by atoms with van der Waals surface area (Å²) in [5.74, 6) is -15.1. The van der Waals surface area contributed by atoms with Gasteiger partial charge in [0.15, 0.2) is 0 Å². The number of H-pyrrole nitrogens is 1. The standard InChI is InChI=1S/C94H119N16O18PS2/c1-10-11-31-74-92(126)106(6)50-79(114)98-70(47-81(116)129)87(121)105-82(56(4)5)94(128)108(8)75(44-58-25-17-13-18-26-58)88(122)103-72(43-61-34-38-64(112)39-35-61)91(125)110-54-131-52-77(110)89(123)102-69(46-62-48-96-66-30-22-21-29-65(62)66)86(120)101-68(41-60-32-36-63(111)37-33-60)85(119)100-67(40-55(2)3)84(118)104-73(83(117)97-49-78(95)113)51-130-53-80(115)99-71(42-57-23-15-12-16-24-57)90(124)109(9)76(93(127)107(74)7)45-59-27-19-14-20-28-59/h12-30,32-39,48,55-56,67-77,82,96,111-112,116,129H,10-11,31,40-47,49-54H2,1-9H3,(H2,95,113)(H,97,117)(H,98,114)(H,99,115)(H,100,119)(H,101,120)(H,102,123)(H,103,122)(H,104,118)(H,105,121)/t67-,68-,69-,70-,71-,72-,73-,74-,75-,76-,77+,82-/m0/s1. The first kappa shape index (κ1) is 102. The molecule has 0 radical (unpaired) electrons. The molecule has 0 saturated carbocycles. The molecule has 0 bridgehead atoms. The van der Waals surface area contributed by atoms with Crippen LogP contribution < -0.4 is 53.6 Å². The van der Waals surface area contributed by atoms with Crippen LogP contribution in [0.25, 0.3) is 10.9 Å². The Bertz CT molecular complexity index is 5180. The SMILES string of the molecule is CCCC[C@H]1C(=O)N(C)CC(=O)N[C@@H](CC(O)=P)C(=O)N[C@@H](C(C)C)C(=O)N(C)[C@@H](Cc2ccccc2)C(=O)N[C@@H](Cc2ccc(O)cc2)C(=O)N2CSC[C@@H]2C(=O)N[C@@H](Cc2c[nH]c3ccccc23)C(=O)N[C@@H](Cc2ccc(O)cc2)C(=O)N[C@@H](CC(C)C)C(=O)N[C@H](C(=O)NCC(N)=O)CSCC(=O)N[C@@H](Cc2ccccc2)C(=O)N(C)[C@@H](Cc2ccccc2)C(=O)N1C. The number of aromatic hydroxyl groups is 2. The predicted octanol–water partition coefficient (Wildman–Crippen LogP) is 3.33. The molecule has 1 aromatic heterocycles. The van der Waals surface area contributed by atoms with Gasteiger partial charge in [-0.15, -0.1) is 23.5 Å². The number of hydrogen-bond acceptors (Lipinski definition) is 19. The predicted molar refractivity (Wildman–Crippen MR) is 500 cm³/mol. The lowest BCUT2D eigenvalue weighted by molar-refractivity contribution is -0.151. The Balaban J connectivity index is 1.12. The van der Waals surface area contributed by atoms with Crippen molar-refractivity contribution in [2.75, 3.05) is 64.4 Å². The highest BCUT2D eigenvalue weighted by Crippen LogP contribution is 2.28. The summed E-state index contributed by atoms with van der Waals surface area (Å²) in [6, 6.07) is 27.1. The van der Waals surface area contributed by atoms with E-state index in [4.69, 9.17) is 5.73 Å². The average molecular weight is 1860 g/mol. The van der Waals surface area contributed by atoms with Crippen LogP contribution in [0.15, 0.2) is 170 Å². The van der Waals surface area contributed by atoms with Gasteiger partial charge in [0.05, 0.1) is 30.2 Å². The van der Waals surface area contributed by atoms with Gasteiger partial charge < -0.3 is 98.4 Å². The van der Waals surface area contributed by atoms with Crippen LogP contribution in [0.4, 0.5) is 0 Å². The van der Waals surface area contributed by atoms with E-state index in [1.165, 1.54) is 103 Å². The molecule has 2 aliphatic rings. The van der Waals surface area contributed by atoms with E-state index < -0.39 is 198 Å². The molecule has 15 N–H and O–H groups in total. The van der Waals surface area contributed by atoms with E-state index in [0.29, 0.717) is 57.1 Å². The third-order valence-corrected chi connectivity index (χ3v) is 25.0. The van der Waals surface area contributed by atoms with E-state index in [9.17, 15) is 39.3 Å². The van der Waals surface area contributed by atoms with E-state index in [2.05, 4.69) is 61.7 Å². The van der Waals surface area contributed by atoms with Crippen molar-refractivity contribution >= 4 is 137 Å². The number of primary amides is 1. The fourth-order valence-corrected chi connectivity index (χ4v) is 17.7. The van der Waals surface area contributed by atoms with E-state index in [0.717, 1.165) is 21.6 Å². The van der Waals surface area contributed by atoms with Gasteiger partial charge in [0.2, 0.25) is 88.6 Å². The second kappa shape index (κ2) is 49.4. The molecule has 131 heavy (non-hydrogen) atoms. The van der Waals surface area contributed by atoms with Crippen LogP contribution in [0, 0.1) is 11.8 Å². The van der Waals surface area contributed by atoms with Crippen molar-refractivity contribution in [1.29, 1.82) is 0 Å². The molecule has 15 amide bonds. The zero-order valence-corrected chi connectivity index (χ0v) is 77.5. The van der Waals surface area contributed by atoms with Gasteiger partial charge in [0, 0.05) is 102 Å². The summed E-state index contributed by atoms with van der Waals surface area (Å²) in [5.41, 5.74) is 8.79. The van der Waals surface area contributed by atoms with Crippen LogP contribution in [0.2, 0.25) is 0 Å². The summed E-state index contributed by atoms with van der Waals surface area (Å²) in [4.78, 5) is 234. The first-order chi connectivity index (χ1) is 62.5. The van der Waals surface area contributed by atoms with E-state index in [1.807, 2.05) is 6.92 Å². The van der Waals surface area contributed by atoms with E-state index in [-0.39, 0.29) is 86.2 Å². The van der Waals surface area contributed by atoms with Crippen LogP contribution in [0.5, 0.6) is 11.5 Å². The maximum Gasteiger partial charge on any atom is 0.246 e. The molecule has 6 aromatic carbocycles. The Labute approximate surface area is 772 Å². The van der Waals surface area contributed by atoms with Gasteiger partial charge in [-0.1, -0.05) is 190 Å². The molecule has 0 aliphatic carbocycles. The molecule has 2 aliphatic heterocycles. The highest BCUT2D eigenvalue weighted by atomic mass is 32.2. The second-order valence-corrected chi connectivity index (χ2v) is 36.3. The number of carbonyl (C=O) groups is 15. The average Bonchev–Trinajstić information content (AvgIpc) is 1.77. The number of nitrogens with one attached hydrogen (secondary N) is 10. The van der Waals surface area contributed by atoms with Gasteiger partial charge in [0.25, 0.3) is 0 Å². The zero-order valence-electron chi connectivity index (χ0n) is 74.9. The molecule has 700 valence electrons. The number of aromatic amines is 1. The summed E-state index contributed by atoms with van der Waals surface area (Å²) < 4.78 is 0. The first-order valence-corrected chi connectivity index (χ1v) is 46.2. The number of fused-ring (bicyclic) bond motifs is 2. The minimum absolute atomic E-state index is 0.0385. The Morgan fingerprint density at radius 1 is 0.489 bits per heavy atom. The Morgan fingerprint density at radius 3 is 1.53 bits per heavy atom. The Hall–Kier alpha value is -12.7. The lowest BCUT2D eigenvalue weighted by Gasteiger charge is -2.37. The molecule has 0 unspecified atom stereocenters. The first-order valence-electron chi connectivity index (χ1n) is 43.4. The third kappa shape index (κ3) is 29.9. The lowest BCUT2D eigenvalue weighted by Crippen LogP contribution is -2.62. The van der Waals surface area contributed by atoms with Crippen LogP contribution in [0.3, 0.4) is 0 Å². The minimum Gasteiger partial charge on any atom is -0.508 e. The van der Waals surface area contributed by atoms with Crippen molar-refractivity contribution in [2.24, 2.45) is 17.6 Å². The fourth-order valence-electron chi connectivity index (χ4n) is 15.5. The number of carbonyl (C=O) groups excluding carboxylic acids is 15. The van der Waals surface area contributed by atoms with Gasteiger partial charge in [-0.05, 0) is 88.4 Å². The molecule has 3 heterocycles. The minimum atomic E-state index is -1.64. The van der Waals surface area contributed by atoms with Crippen molar-refractivity contribution in [3.8, 4) is 11.5 Å². The van der Waals surface area contributed by atoms with Crippen molar-refractivity contribution < 1.29 is 87.2 Å². The molecule has 12 atom stereocenters. The number of phenolic OH excluding ortho intramolecular Hbond substituents is 2. The van der Waals surface area contributed by atoms with E-state index >= 15 is 47.9 Å². The van der Waals surface area contributed by atoms with Gasteiger partial charge in [-0.25, -0.2) is 0 Å². The fraction of sp³-hybridized carbons (Fsp3) is 0.426. The number of aromatic nitrogens is 1. The zero-order chi connectivity index (χ0) is 95.3. The Morgan fingerprint density at radius 2 is 0.969 bits per heavy atom. The largest absolute Gasteiger partial charge is 0.508 e. The Kier molecular flexibility index (Phi) is 38.5. The van der Waals surface area contributed by atoms with E-state index in [1.54, 1.807) is 149 Å². The van der Waals surface area contributed by atoms with Crippen molar-refractivity contribution in [2.45, 2.75) is 178 Å². The second-order valence-electron chi connectivity index (χ2n) is 33.7. The highest BCUT2D eigenvalue weighted by Gasteiger charge is 2.45. The molecular weight excluding hydrogens is 1740 g/mol. The third-order valence-electron chi connectivity index (χ3n) is 22.8. The summed E-state index contributed by atoms with van der Waals surface area (Å²) in [7, 11) is 8.51. The monoisotopic (exact) mass is 1850 g/mol.